The minimum atomic E-state index is -0.815. The zero-order chi connectivity index (χ0) is 35.8. The van der Waals surface area contributed by atoms with Gasteiger partial charge in [-0.15, -0.1) is 0 Å². The molecule has 2 fully saturated rings. The molecule has 4 heterocycles. The molecule has 266 valence electrons. The molecule has 7 rings (SSSR count). The quantitative estimate of drug-likeness (QED) is 0.182. The van der Waals surface area contributed by atoms with Crippen LogP contribution >= 0.6 is 0 Å². The van der Waals surface area contributed by atoms with Crippen molar-refractivity contribution >= 4 is 11.4 Å². The van der Waals surface area contributed by atoms with Crippen molar-refractivity contribution in [2.75, 3.05) is 56.3 Å². The largest absolute Gasteiger partial charge is 0.497 e. The number of ether oxygens (including phenoxy) is 3. The summed E-state index contributed by atoms with van der Waals surface area (Å²) in [6.07, 6.45) is 7.03. The first-order valence-corrected chi connectivity index (χ1v) is 17.5. The molecule has 0 N–H and O–H groups in total. The van der Waals surface area contributed by atoms with E-state index in [1.165, 1.54) is 11.4 Å². The van der Waals surface area contributed by atoms with E-state index in [-0.39, 0.29) is 11.7 Å². The lowest BCUT2D eigenvalue weighted by Crippen LogP contribution is -2.46. The fourth-order valence-corrected chi connectivity index (χ4v) is 6.77. The van der Waals surface area contributed by atoms with E-state index < -0.39 is 5.79 Å². The smallest absolute Gasteiger partial charge is 0.350 e. The molecule has 0 spiro atoms. The molecule has 0 amide bonds. The number of hydrogen-bond donors (Lipinski definition) is 0. The van der Waals surface area contributed by atoms with Crippen LogP contribution in [0.4, 0.5) is 11.4 Å². The highest BCUT2D eigenvalue weighted by Crippen LogP contribution is 2.35. The summed E-state index contributed by atoms with van der Waals surface area (Å²) in [7, 11) is 1.69. The van der Waals surface area contributed by atoms with Gasteiger partial charge in [-0.3, -0.25) is 4.68 Å². The lowest BCUT2D eigenvalue weighted by atomic mass is 9.98. The van der Waals surface area contributed by atoms with Gasteiger partial charge in [0.05, 0.1) is 50.2 Å². The van der Waals surface area contributed by atoms with E-state index in [9.17, 15) is 4.79 Å². The van der Waals surface area contributed by atoms with Crippen LogP contribution in [0.25, 0.3) is 5.69 Å². The maximum absolute atomic E-state index is 12.8. The van der Waals surface area contributed by atoms with Crippen molar-refractivity contribution in [2.45, 2.75) is 52.0 Å². The molecule has 0 atom stereocenters. The average Bonchev–Trinajstić information content (AvgIpc) is 3.96. The molecule has 3 aromatic carbocycles. The summed E-state index contributed by atoms with van der Waals surface area (Å²) in [5, 5.41) is 17.5. The van der Waals surface area contributed by atoms with E-state index in [0.29, 0.717) is 25.3 Å². The number of rotatable bonds is 10. The normalized spacial score (nSPS) is 15.4. The molecule has 12 nitrogen and oxygen atoms in total. The van der Waals surface area contributed by atoms with E-state index in [4.69, 9.17) is 19.5 Å². The van der Waals surface area contributed by atoms with Gasteiger partial charge in [0.1, 0.15) is 12.1 Å². The molecule has 0 radical (unpaired) electrons. The SMILES string of the molecule is CCC(CC)n1ncn(-c2ccc(N3CCN(c4ccc(OC)cc4)CC3)cc2)c1=O.Cc1cc(C#N)ccc1C1(Cn2cccn2)OCCO1. The summed E-state index contributed by atoms with van der Waals surface area (Å²) < 4.78 is 22.1. The molecule has 2 aliphatic heterocycles. The average molecular weight is 691 g/mol. The minimum absolute atomic E-state index is 0.0745. The number of benzene rings is 3. The van der Waals surface area contributed by atoms with Gasteiger partial charge in [0.25, 0.3) is 0 Å². The van der Waals surface area contributed by atoms with Crippen LogP contribution in [-0.4, -0.2) is 70.6 Å². The van der Waals surface area contributed by atoms with E-state index in [2.05, 4.69) is 64.2 Å². The van der Waals surface area contributed by atoms with E-state index >= 15 is 0 Å². The molecule has 51 heavy (non-hydrogen) atoms. The van der Waals surface area contributed by atoms with Crippen LogP contribution in [0.15, 0.2) is 96.3 Å². The molecular weight excluding hydrogens is 644 g/mol. The van der Waals surface area contributed by atoms with Crippen LogP contribution in [0.2, 0.25) is 0 Å². The topological polar surface area (TPSA) is 116 Å². The third kappa shape index (κ3) is 7.85. The fourth-order valence-electron chi connectivity index (χ4n) is 6.77. The van der Waals surface area contributed by atoms with E-state index in [0.717, 1.165) is 61.6 Å². The number of piperazine rings is 1. The first kappa shape index (κ1) is 35.4. The summed E-state index contributed by atoms with van der Waals surface area (Å²) in [4.78, 5) is 17.6. The van der Waals surface area contributed by atoms with Crippen LogP contribution in [-0.2, 0) is 21.8 Å². The number of aryl methyl sites for hydroxylation is 1. The Morgan fingerprint density at radius 3 is 2.02 bits per heavy atom. The van der Waals surface area contributed by atoms with Crippen LogP contribution in [0.3, 0.4) is 0 Å². The van der Waals surface area contributed by atoms with Gasteiger partial charge in [-0.05, 0) is 92.1 Å². The Kier molecular flexibility index (Phi) is 11.2. The van der Waals surface area contributed by atoms with Gasteiger partial charge in [0.2, 0.25) is 5.79 Å². The predicted molar refractivity (Wildman–Crippen MR) is 197 cm³/mol. The Hall–Kier alpha value is -5.38. The lowest BCUT2D eigenvalue weighted by molar-refractivity contribution is -0.178. The van der Waals surface area contributed by atoms with Crippen molar-refractivity contribution in [3.8, 4) is 17.5 Å². The van der Waals surface area contributed by atoms with Gasteiger partial charge in [0, 0.05) is 55.5 Å². The van der Waals surface area contributed by atoms with Gasteiger partial charge in [-0.25, -0.2) is 14.0 Å². The number of nitriles is 1. The molecule has 5 aromatic rings. The number of methoxy groups -OCH3 is 1. The lowest BCUT2D eigenvalue weighted by Gasteiger charge is -2.37. The highest BCUT2D eigenvalue weighted by Gasteiger charge is 2.40. The van der Waals surface area contributed by atoms with Crippen LogP contribution in [0.1, 0.15) is 49.4 Å². The van der Waals surface area contributed by atoms with Crippen LogP contribution in [0.5, 0.6) is 5.75 Å². The molecular formula is C39H46N8O4. The van der Waals surface area contributed by atoms with E-state index in [1.54, 1.807) is 39.6 Å². The Balaban J connectivity index is 0.000000193. The molecule has 2 saturated heterocycles. The Morgan fingerprint density at radius 1 is 0.882 bits per heavy atom. The summed E-state index contributed by atoms with van der Waals surface area (Å²) in [6.45, 7) is 11.6. The minimum Gasteiger partial charge on any atom is -0.497 e. The molecule has 12 heteroatoms. The Morgan fingerprint density at radius 2 is 1.49 bits per heavy atom. The zero-order valence-electron chi connectivity index (χ0n) is 29.8. The Labute approximate surface area is 299 Å². The zero-order valence-corrected chi connectivity index (χ0v) is 29.8. The van der Waals surface area contributed by atoms with Crippen molar-refractivity contribution in [3.05, 3.63) is 119 Å². The maximum Gasteiger partial charge on any atom is 0.350 e. The van der Waals surface area contributed by atoms with Crippen molar-refractivity contribution in [3.63, 3.8) is 0 Å². The summed E-state index contributed by atoms with van der Waals surface area (Å²) >= 11 is 0. The predicted octanol–water partition coefficient (Wildman–Crippen LogP) is 5.69. The molecule has 2 aromatic heterocycles. The second-order valence-electron chi connectivity index (χ2n) is 12.7. The monoisotopic (exact) mass is 690 g/mol. The second-order valence-corrected chi connectivity index (χ2v) is 12.7. The van der Waals surface area contributed by atoms with Gasteiger partial charge in [0.15, 0.2) is 0 Å². The standard InChI is InChI=1S/C24H31N5O2.C15H15N3O2/c1-4-19(5-2)29-24(30)28(18-25-29)22-8-6-20(7-9-22)26-14-16-27(17-15-26)21-10-12-23(31-3)13-11-21;1-12-9-13(10-16)3-4-14(12)15(19-7-8-20-15)11-18-6-2-5-17-18/h6-13,18-19H,4-5,14-17H2,1-3H3;2-6,9H,7-8,11H2,1H3. The first-order valence-electron chi connectivity index (χ1n) is 17.5. The molecule has 0 aliphatic carbocycles. The molecule has 0 unspecified atom stereocenters. The number of aromatic nitrogens is 5. The number of nitrogens with zero attached hydrogens (tertiary/aromatic N) is 8. The van der Waals surface area contributed by atoms with Gasteiger partial charge < -0.3 is 24.0 Å². The summed E-state index contributed by atoms with van der Waals surface area (Å²) in [5.74, 6) is 0.0661. The third-order valence-corrected chi connectivity index (χ3v) is 9.64. The highest BCUT2D eigenvalue weighted by atomic mass is 16.7. The molecule has 0 bridgehead atoms. The molecule has 0 saturated carbocycles. The number of anilines is 2. The van der Waals surface area contributed by atoms with Gasteiger partial charge in [-0.2, -0.15) is 15.5 Å². The Bertz CT molecular complexity index is 1940. The van der Waals surface area contributed by atoms with Gasteiger partial charge >= 0.3 is 5.69 Å². The summed E-state index contributed by atoms with van der Waals surface area (Å²) in [5.41, 5.74) is 5.75. The van der Waals surface area contributed by atoms with Gasteiger partial charge in [-0.1, -0.05) is 19.9 Å². The van der Waals surface area contributed by atoms with Crippen molar-refractivity contribution in [1.29, 1.82) is 5.26 Å². The van der Waals surface area contributed by atoms with Crippen molar-refractivity contribution in [2.24, 2.45) is 0 Å². The van der Waals surface area contributed by atoms with E-state index in [1.807, 2.05) is 55.6 Å². The number of hydrogen-bond acceptors (Lipinski definition) is 9. The van der Waals surface area contributed by atoms with Crippen molar-refractivity contribution < 1.29 is 14.2 Å². The summed E-state index contributed by atoms with van der Waals surface area (Å²) in [6, 6.07) is 26.2. The van der Waals surface area contributed by atoms with Crippen LogP contribution < -0.4 is 20.2 Å². The van der Waals surface area contributed by atoms with Crippen LogP contribution in [0, 0.1) is 18.3 Å². The van der Waals surface area contributed by atoms with Crippen molar-refractivity contribution in [1.82, 2.24) is 24.1 Å². The second kappa shape index (κ2) is 16.1. The fraction of sp³-hybridized carbons (Fsp3) is 0.385. The highest BCUT2D eigenvalue weighted by molar-refractivity contribution is 5.54. The maximum atomic E-state index is 12.8. The first-order chi connectivity index (χ1) is 24.9. The molecule has 2 aliphatic rings. The third-order valence-electron chi connectivity index (χ3n) is 9.64.